The van der Waals surface area contributed by atoms with E-state index in [9.17, 15) is 4.79 Å². The average Bonchev–Trinajstić information content (AvgIpc) is 3.10. The number of aryl methyl sites for hydroxylation is 3. The molecule has 2 N–H and O–H groups in total. The summed E-state index contributed by atoms with van der Waals surface area (Å²) in [6.45, 7) is 7.80. The molecule has 0 saturated carbocycles. The van der Waals surface area contributed by atoms with Crippen molar-refractivity contribution in [2.24, 2.45) is 0 Å². The number of benzene rings is 1. The summed E-state index contributed by atoms with van der Waals surface area (Å²) in [5.74, 6) is 2.04. The summed E-state index contributed by atoms with van der Waals surface area (Å²) in [5, 5.41) is 14.3. The summed E-state index contributed by atoms with van der Waals surface area (Å²) in [4.78, 5) is 12.1. The Morgan fingerprint density at radius 2 is 2.00 bits per heavy atom. The fourth-order valence-corrected chi connectivity index (χ4v) is 3.55. The van der Waals surface area contributed by atoms with Crippen LogP contribution in [0.15, 0.2) is 18.2 Å². The third kappa shape index (κ3) is 4.59. The normalized spacial score (nSPS) is 14.2. The molecule has 134 valence electrons. The Kier molecular flexibility index (Phi) is 5.36. The third-order valence-corrected chi connectivity index (χ3v) is 4.52. The van der Waals surface area contributed by atoms with Gasteiger partial charge in [0.25, 0.3) is 0 Å². The van der Waals surface area contributed by atoms with Crippen LogP contribution in [0.1, 0.15) is 41.7 Å². The van der Waals surface area contributed by atoms with E-state index in [1.54, 1.807) is 0 Å². The van der Waals surface area contributed by atoms with E-state index in [2.05, 4.69) is 57.4 Å². The van der Waals surface area contributed by atoms with Gasteiger partial charge in [-0.3, -0.25) is 0 Å². The molecule has 6 nitrogen and oxygen atoms in total. The minimum atomic E-state index is -0.127. The van der Waals surface area contributed by atoms with Gasteiger partial charge in [0.15, 0.2) is 0 Å². The SMILES string of the molecule is Cc1cc(C)cc(C[C@H](C)NC(=O)NCCc2nnc3n2CCC3)c1. The lowest BCUT2D eigenvalue weighted by molar-refractivity contribution is 0.238. The molecule has 25 heavy (non-hydrogen) atoms. The molecule has 1 aliphatic rings. The Morgan fingerprint density at radius 3 is 2.76 bits per heavy atom. The van der Waals surface area contributed by atoms with Crippen molar-refractivity contribution in [3.63, 3.8) is 0 Å². The van der Waals surface area contributed by atoms with Crippen LogP contribution in [0.5, 0.6) is 0 Å². The van der Waals surface area contributed by atoms with Crippen LogP contribution in [0.25, 0.3) is 0 Å². The Balaban J connectivity index is 1.42. The van der Waals surface area contributed by atoms with Crippen molar-refractivity contribution >= 4 is 6.03 Å². The number of rotatable bonds is 6. The van der Waals surface area contributed by atoms with E-state index in [4.69, 9.17) is 0 Å². The number of urea groups is 1. The zero-order chi connectivity index (χ0) is 17.8. The Bertz CT molecular complexity index is 732. The molecule has 3 rings (SSSR count). The first-order valence-electron chi connectivity index (χ1n) is 9.04. The summed E-state index contributed by atoms with van der Waals surface area (Å²) in [5.41, 5.74) is 3.77. The zero-order valence-corrected chi connectivity index (χ0v) is 15.3. The maximum absolute atomic E-state index is 12.1. The molecule has 1 aromatic heterocycles. The molecular formula is C19H27N5O. The van der Waals surface area contributed by atoms with E-state index in [1.807, 2.05) is 6.92 Å². The molecule has 0 fully saturated rings. The molecule has 1 aromatic carbocycles. The first kappa shape index (κ1) is 17.5. The number of nitrogens with zero attached hydrogens (tertiary/aromatic N) is 3. The topological polar surface area (TPSA) is 71.8 Å². The van der Waals surface area contributed by atoms with Crippen molar-refractivity contribution in [1.82, 2.24) is 25.4 Å². The monoisotopic (exact) mass is 341 g/mol. The molecule has 1 atom stereocenters. The van der Waals surface area contributed by atoms with Crippen molar-refractivity contribution in [3.8, 4) is 0 Å². The van der Waals surface area contributed by atoms with Crippen molar-refractivity contribution in [3.05, 3.63) is 46.5 Å². The van der Waals surface area contributed by atoms with Gasteiger partial charge in [-0.15, -0.1) is 10.2 Å². The van der Waals surface area contributed by atoms with E-state index in [0.717, 1.165) is 37.5 Å². The van der Waals surface area contributed by atoms with Gasteiger partial charge in [-0.25, -0.2) is 4.79 Å². The minimum absolute atomic E-state index is 0.0820. The van der Waals surface area contributed by atoms with Crippen LogP contribution in [-0.2, 0) is 25.8 Å². The molecular weight excluding hydrogens is 314 g/mol. The van der Waals surface area contributed by atoms with Gasteiger partial charge >= 0.3 is 6.03 Å². The lowest BCUT2D eigenvalue weighted by atomic mass is 10.0. The number of amides is 2. The molecule has 0 bridgehead atoms. The quantitative estimate of drug-likeness (QED) is 0.847. The number of nitrogens with one attached hydrogen (secondary N) is 2. The molecule has 0 saturated heterocycles. The molecule has 2 amide bonds. The van der Waals surface area contributed by atoms with Crippen molar-refractivity contribution < 1.29 is 4.79 Å². The smallest absolute Gasteiger partial charge is 0.315 e. The van der Waals surface area contributed by atoms with Crippen molar-refractivity contribution in [2.75, 3.05) is 6.54 Å². The van der Waals surface area contributed by atoms with Gasteiger partial charge in [0.2, 0.25) is 0 Å². The molecule has 6 heteroatoms. The summed E-state index contributed by atoms with van der Waals surface area (Å²) in [6.07, 6.45) is 3.69. The first-order valence-corrected chi connectivity index (χ1v) is 9.04. The van der Waals surface area contributed by atoms with Crippen LogP contribution in [0, 0.1) is 13.8 Å². The fourth-order valence-electron chi connectivity index (χ4n) is 3.55. The van der Waals surface area contributed by atoms with E-state index < -0.39 is 0 Å². The van der Waals surface area contributed by atoms with Crippen LogP contribution in [0.4, 0.5) is 4.79 Å². The summed E-state index contributed by atoms with van der Waals surface area (Å²) < 4.78 is 2.17. The molecule has 2 aromatic rings. The Hall–Kier alpha value is -2.37. The average molecular weight is 341 g/mol. The molecule has 0 spiro atoms. The van der Waals surface area contributed by atoms with E-state index >= 15 is 0 Å². The first-order chi connectivity index (χ1) is 12.0. The van der Waals surface area contributed by atoms with Gasteiger partial charge in [0.1, 0.15) is 11.6 Å². The summed E-state index contributed by atoms with van der Waals surface area (Å²) in [7, 11) is 0. The van der Waals surface area contributed by atoms with Crippen LogP contribution in [-0.4, -0.2) is 33.4 Å². The summed E-state index contributed by atoms with van der Waals surface area (Å²) >= 11 is 0. The van der Waals surface area contributed by atoms with E-state index in [0.29, 0.717) is 13.0 Å². The van der Waals surface area contributed by atoms with E-state index in [1.165, 1.54) is 16.7 Å². The third-order valence-electron chi connectivity index (χ3n) is 4.52. The summed E-state index contributed by atoms with van der Waals surface area (Å²) in [6, 6.07) is 6.47. The number of carbonyl (C=O) groups excluding carboxylic acids is 1. The van der Waals surface area contributed by atoms with E-state index in [-0.39, 0.29) is 12.1 Å². The molecule has 0 unspecified atom stereocenters. The highest BCUT2D eigenvalue weighted by Gasteiger charge is 2.17. The van der Waals surface area contributed by atoms with Crippen LogP contribution >= 0.6 is 0 Å². The highest BCUT2D eigenvalue weighted by molar-refractivity contribution is 5.74. The second-order valence-electron chi connectivity index (χ2n) is 7.04. The number of hydrogen-bond acceptors (Lipinski definition) is 3. The van der Waals surface area contributed by atoms with Gasteiger partial charge in [-0.05, 0) is 39.2 Å². The molecule has 0 radical (unpaired) electrons. The number of carbonyl (C=O) groups is 1. The maximum atomic E-state index is 12.1. The largest absolute Gasteiger partial charge is 0.338 e. The van der Waals surface area contributed by atoms with Crippen molar-refractivity contribution in [2.45, 2.75) is 59.0 Å². The standard InChI is InChI=1S/C19H27N5O/c1-13-9-14(2)11-16(10-13)12-15(3)21-19(25)20-7-6-18-23-22-17-5-4-8-24(17)18/h9-11,15H,4-8,12H2,1-3H3,(H2,20,21,25)/t15-/m0/s1. The number of aromatic nitrogens is 3. The Labute approximate surface area is 149 Å². The number of fused-ring (bicyclic) bond motifs is 1. The van der Waals surface area contributed by atoms with Gasteiger partial charge in [0.05, 0.1) is 0 Å². The second-order valence-corrected chi connectivity index (χ2v) is 7.04. The lowest BCUT2D eigenvalue weighted by Gasteiger charge is -2.15. The minimum Gasteiger partial charge on any atom is -0.338 e. The Morgan fingerprint density at radius 1 is 1.24 bits per heavy atom. The molecule has 2 heterocycles. The second kappa shape index (κ2) is 7.68. The van der Waals surface area contributed by atoms with Gasteiger partial charge < -0.3 is 15.2 Å². The fraction of sp³-hybridized carbons (Fsp3) is 0.526. The highest BCUT2D eigenvalue weighted by atomic mass is 16.2. The van der Waals surface area contributed by atoms with Gasteiger partial charge in [-0.2, -0.15) is 0 Å². The van der Waals surface area contributed by atoms with Crippen LogP contribution in [0.2, 0.25) is 0 Å². The molecule has 1 aliphatic heterocycles. The maximum Gasteiger partial charge on any atom is 0.315 e. The lowest BCUT2D eigenvalue weighted by Crippen LogP contribution is -2.42. The van der Waals surface area contributed by atoms with Crippen molar-refractivity contribution in [1.29, 1.82) is 0 Å². The van der Waals surface area contributed by atoms with Crippen LogP contribution < -0.4 is 10.6 Å². The van der Waals surface area contributed by atoms with Gasteiger partial charge in [0, 0.05) is 32.0 Å². The predicted octanol–water partition coefficient (Wildman–Crippen LogP) is 2.31. The van der Waals surface area contributed by atoms with Crippen LogP contribution in [0.3, 0.4) is 0 Å². The number of hydrogen-bond donors (Lipinski definition) is 2. The predicted molar refractivity (Wildman–Crippen MR) is 97.7 cm³/mol. The molecule has 0 aliphatic carbocycles. The zero-order valence-electron chi connectivity index (χ0n) is 15.3. The van der Waals surface area contributed by atoms with Gasteiger partial charge in [-0.1, -0.05) is 29.3 Å². The highest BCUT2D eigenvalue weighted by Crippen LogP contribution is 2.14.